The summed E-state index contributed by atoms with van der Waals surface area (Å²) in [6.45, 7) is 1.52. The van der Waals surface area contributed by atoms with E-state index < -0.39 is 5.60 Å². The fourth-order valence-corrected chi connectivity index (χ4v) is 2.64. The third-order valence-electron chi connectivity index (χ3n) is 3.77. The van der Waals surface area contributed by atoms with Gasteiger partial charge in [0.15, 0.2) is 5.60 Å². The van der Waals surface area contributed by atoms with Crippen LogP contribution in [-0.4, -0.2) is 55.3 Å². The second-order valence-corrected chi connectivity index (χ2v) is 5.69. The second kappa shape index (κ2) is 5.06. The molecule has 5 nitrogen and oxygen atoms in total. The van der Waals surface area contributed by atoms with Gasteiger partial charge in [0.05, 0.1) is 18.7 Å². The van der Waals surface area contributed by atoms with Crippen LogP contribution in [0.2, 0.25) is 0 Å². The maximum atomic E-state index is 11.9. The SMILES string of the molecule is CN1CC(O)(C#Cc2ccc3c(c2)N(C)C(=O)CCO3)C1. The molecule has 0 bridgehead atoms. The molecular formula is C16H18N2O3. The van der Waals surface area contributed by atoms with Crippen molar-refractivity contribution in [2.24, 2.45) is 0 Å². The highest BCUT2D eigenvalue weighted by atomic mass is 16.5. The van der Waals surface area contributed by atoms with Crippen LogP contribution in [0.25, 0.3) is 0 Å². The number of anilines is 1. The van der Waals surface area contributed by atoms with E-state index in [2.05, 4.69) is 11.8 Å². The van der Waals surface area contributed by atoms with Crippen molar-refractivity contribution in [3.8, 4) is 17.6 Å². The molecule has 0 spiro atoms. The molecule has 0 aromatic heterocycles. The lowest BCUT2D eigenvalue weighted by Gasteiger charge is -2.40. The first-order chi connectivity index (χ1) is 9.97. The number of nitrogens with zero attached hydrogens (tertiary/aromatic N) is 2. The van der Waals surface area contributed by atoms with Crippen molar-refractivity contribution >= 4 is 11.6 Å². The maximum absolute atomic E-state index is 11.9. The zero-order chi connectivity index (χ0) is 15.0. The van der Waals surface area contributed by atoms with Gasteiger partial charge in [0.1, 0.15) is 5.75 Å². The summed E-state index contributed by atoms with van der Waals surface area (Å²) in [4.78, 5) is 15.5. The van der Waals surface area contributed by atoms with Crippen molar-refractivity contribution in [2.45, 2.75) is 12.0 Å². The summed E-state index contributed by atoms with van der Waals surface area (Å²) in [6.07, 6.45) is 0.373. The van der Waals surface area contributed by atoms with E-state index in [0.717, 1.165) is 11.3 Å². The number of likely N-dealkylation sites (N-methyl/N-ethyl adjacent to an activating group) is 1. The molecule has 0 atom stereocenters. The Hall–Kier alpha value is -2.03. The van der Waals surface area contributed by atoms with Gasteiger partial charge in [-0.15, -0.1) is 0 Å². The number of carbonyl (C=O) groups is 1. The van der Waals surface area contributed by atoms with Gasteiger partial charge < -0.3 is 14.7 Å². The van der Waals surface area contributed by atoms with Gasteiger partial charge in [0.2, 0.25) is 5.91 Å². The van der Waals surface area contributed by atoms with E-state index in [4.69, 9.17) is 4.74 Å². The zero-order valence-electron chi connectivity index (χ0n) is 12.2. The smallest absolute Gasteiger partial charge is 0.230 e. The predicted octanol–water partition coefficient (Wildman–Crippen LogP) is 0.460. The highest BCUT2D eigenvalue weighted by Gasteiger charge is 2.37. The van der Waals surface area contributed by atoms with Crippen LogP contribution < -0.4 is 9.64 Å². The molecule has 21 heavy (non-hydrogen) atoms. The molecule has 1 aromatic carbocycles. The van der Waals surface area contributed by atoms with Gasteiger partial charge in [-0.05, 0) is 25.2 Å². The molecule has 0 radical (unpaired) electrons. The van der Waals surface area contributed by atoms with E-state index >= 15 is 0 Å². The quantitative estimate of drug-likeness (QED) is 0.704. The monoisotopic (exact) mass is 286 g/mol. The fourth-order valence-electron chi connectivity index (χ4n) is 2.64. The van der Waals surface area contributed by atoms with E-state index in [1.54, 1.807) is 11.9 Å². The normalized spacial score (nSPS) is 20.5. The lowest BCUT2D eigenvalue weighted by molar-refractivity contribution is -0.118. The average molecular weight is 286 g/mol. The van der Waals surface area contributed by atoms with Gasteiger partial charge in [-0.2, -0.15) is 0 Å². The second-order valence-electron chi connectivity index (χ2n) is 5.69. The summed E-state index contributed by atoms with van der Waals surface area (Å²) in [5.74, 6) is 6.62. The van der Waals surface area contributed by atoms with E-state index in [-0.39, 0.29) is 5.91 Å². The van der Waals surface area contributed by atoms with E-state index in [1.807, 2.05) is 30.1 Å². The highest BCUT2D eigenvalue weighted by molar-refractivity contribution is 5.95. The summed E-state index contributed by atoms with van der Waals surface area (Å²) in [6, 6.07) is 5.50. The number of rotatable bonds is 0. The number of β-amino-alcohol motifs (C(OH)–C–C–N with tert-alkyl or cyclic N) is 1. The van der Waals surface area contributed by atoms with Gasteiger partial charge in [0, 0.05) is 25.7 Å². The first-order valence-electron chi connectivity index (χ1n) is 6.94. The summed E-state index contributed by atoms with van der Waals surface area (Å²) < 4.78 is 5.57. The van der Waals surface area contributed by atoms with Crippen molar-refractivity contribution in [3.63, 3.8) is 0 Å². The molecule has 110 valence electrons. The first kappa shape index (κ1) is 13.9. The van der Waals surface area contributed by atoms with E-state index in [9.17, 15) is 9.90 Å². The molecule has 5 heteroatoms. The Labute approximate surface area is 124 Å². The molecule has 1 amide bonds. The molecule has 0 aliphatic carbocycles. The van der Waals surface area contributed by atoms with Crippen molar-refractivity contribution in [3.05, 3.63) is 23.8 Å². The number of hydrogen-bond donors (Lipinski definition) is 1. The van der Waals surface area contributed by atoms with Crippen molar-refractivity contribution < 1.29 is 14.6 Å². The number of hydrogen-bond acceptors (Lipinski definition) is 4. The molecule has 2 heterocycles. The van der Waals surface area contributed by atoms with Crippen molar-refractivity contribution in [2.75, 3.05) is 38.7 Å². The number of aliphatic hydroxyl groups is 1. The number of amides is 1. The summed E-state index contributed by atoms with van der Waals surface area (Å²) >= 11 is 0. The Morgan fingerprint density at radius 3 is 2.81 bits per heavy atom. The van der Waals surface area contributed by atoms with Crippen LogP contribution in [-0.2, 0) is 4.79 Å². The average Bonchev–Trinajstić information content (AvgIpc) is 2.56. The Morgan fingerprint density at radius 2 is 2.10 bits per heavy atom. The highest BCUT2D eigenvalue weighted by Crippen LogP contribution is 2.31. The van der Waals surface area contributed by atoms with Gasteiger partial charge >= 0.3 is 0 Å². The Bertz CT molecular complexity index is 639. The molecule has 1 N–H and O–H groups in total. The van der Waals surface area contributed by atoms with Crippen LogP contribution in [0.3, 0.4) is 0 Å². The topological polar surface area (TPSA) is 53.0 Å². The number of likely N-dealkylation sites (tertiary alicyclic amines) is 1. The standard InChI is InChI=1S/C16H18N2O3/c1-17-10-16(20,11-17)7-5-12-3-4-14-13(9-12)18(2)15(19)6-8-21-14/h3-4,9,20H,6,8,10-11H2,1-2H3. The van der Waals surface area contributed by atoms with Crippen molar-refractivity contribution in [1.29, 1.82) is 0 Å². The van der Waals surface area contributed by atoms with Crippen LogP contribution in [0, 0.1) is 11.8 Å². The largest absolute Gasteiger partial charge is 0.491 e. The van der Waals surface area contributed by atoms with E-state index in [0.29, 0.717) is 31.9 Å². The summed E-state index contributed by atoms with van der Waals surface area (Å²) in [5.41, 5.74) is 0.573. The fraction of sp³-hybridized carbons (Fsp3) is 0.438. The molecule has 1 aromatic rings. The Balaban J connectivity index is 1.88. The van der Waals surface area contributed by atoms with Crippen LogP contribution in [0.15, 0.2) is 18.2 Å². The molecular weight excluding hydrogens is 268 g/mol. The molecule has 0 saturated carbocycles. The molecule has 3 rings (SSSR count). The minimum atomic E-state index is -0.917. The predicted molar refractivity (Wildman–Crippen MR) is 79.3 cm³/mol. The number of fused-ring (bicyclic) bond motifs is 1. The van der Waals surface area contributed by atoms with Gasteiger partial charge in [-0.3, -0.25) is 9.69 Å². The zero-order valence-corrected chi connectivity index (χ0v) is 12.2. The van der Waals surface area contributed by atoms with Crippen molar-refractivity contribution in [1.82, 2.24) is 4.90 Å². The summed E-state index contributed by atoms with van der Waals surface area (Å²) in [5, 5.41) is 10.1. The number of benzene rings is 1. The molecule has 2 aliphatic heterocycles. The minimum absolute atomic E-state index is 0.0260. The lowest BCUT2D eigenvalue weighted by atomic mass is 9.95. The van der Waals surface area contributed by atoms with Crippen LogP contribution in [0.5, 0.6) is 5.75 Å². The van der Waals surface area contributed by atoms with Gasteiger partial charge in [-0.25, -0.2) is 0 Å². The Kier molecular flexibility index (Phi) is 3.36. The molecule has 0 unspecified atom stereocenters. The minimum Gasteiger partial charge on any atom is -0.491 e. The van der Waals surface area contributed by atoms with Crippen LogP contribution in [0.4, 0.5) is 5.69 Å². The Morgan fingerprint density at radius 1 is 1.33 bits per heavy atom. The molecule has 1 saturated heterocycles. The third kappa shape index (κ3) is 2.73. The maximum Gasteiger partial charge on any atom is 0.230 e. The number of carbonyl (C=O) groups excluding carboxylic acids is 1. The van der Waals surface area contributed by atoms with Gasteiger partial charge in [0.25, 0.3) is 0 Å². The molecule has 1 fully saturated rings. The third-order valence-corrected chi connectivity index (χ3v) is 3.77. The summed E-state index contributed by atoms with van der Waals surface area (Å²) in [7, 11) is 3.68. The first-order valence-corrected chi connectivity index (χ1v) is 6.94. The van der Waals surface area contributed by atoms with Gasteiger partial charge in [-0.1, -0.05) is 11.8 Å². The van der Waals surface area contributed by atoms with Crippen LogP contribution >= 0.6 is 0 Å². The lowest BCUT2D eigenvalue weighted by Crippen LogP contribution is -2.59. The van der Waals surface area contributed by atoms with E-state index in [1.165, 1.54) is 0 Å². The number of ether oxygens (including phenoxy) is 1. The van der Waals surface area contributed by atoms with Crippen LogP contribution in [0.1, 0.15) is 12.0 Å². The molecule has 2 aliphatic rings.